The van der Waals surface area contributed by atoms with Crippen LogP contribution in [0.4, 0.5) is 5.69 Å². The van der Waals surface area contributed by atoms with E-state index in [0.717, 1.165) is 22.2 Å². The molecule has 2 aromatic carbocycles. The number of rotatable bonds is 3. The lowest BCUT2D eigenvalue weighted by molar-refractivity contribution is 0.299. The second kappa shape index (κ2) is 4.94. The van der Waals surface area contributed by atoms with Gasteiger partial charge in [-0.2, -0.15) is 0 Å². The largest absolute Gasteiger partial charge is 0.485 e. The monoisotopic (exact) mass is 251 g/mol. The highest BCUT2D eigenvalue weighted by atomic mass is 16.5. The summed E-state index contributed by atoms with van der Waals surface area (Å²) in [6.07, 6.45) is 3.40. The molecule has 3 aromatic rings. The maximum atomic E-state index is 5.95. The van der Waals surface area contributed by atoms with Crippen LogP contribution in [0.25, 0.3) is 10.8 Å². The summed E-state index contributed by atoms with van der Waals surface area (Å²) >= 11 is 0. The molecule has 0 saturated carbocycles. The van der Waals surface area contributed by atoms with Crippen molar-refractivity contribution in [2.75, 3.05) is 5.73 Å². The lowest BCUT2D eigenvalue weighted by Crippen LogP contribution is -2.01. The number of nitrogens with zero attached hydrogens (tertiary/aromatic N) is 2. The molecule has 0 unspecified atom stereocenters. The fraction of sp³-hybridized carbons (Fsp3) is 0.0667. The predicted octanol–water partition coefficient (Wildman–Crippen LogP) is 2.79. The zero-order chi connectivity index (χ0) is 13.1. The van der Waals surface area contributed by atoms with Gasteiger partial charge in [0.1, 0.15) is 12.4 Å². The summed E-state index contributed by atoms with van der Waals surface area (Å²) in [5.41, 5.74) is 6.70. The minimum absolute atomic E-state index is 0.342. The van der Waals surface area contributed by atoms with Gasteiger partial charge < -0.3 is 10.5 Å². The van der Waals surface area contributed by atoms with Crippen LogP contribution in [0.5, 0.6) is 5.75 Å². The molecular weight excluding hydrogens is 238 g/mol. The first kappa shape index (κ1) is 11.5. The fourth-order valence-corrected chi connectivity index (χ4v) is 1.97. The first-order chi connectivity index (χ1) is 9.34. The summed E-state index contributed by atoms with van der Waals surface area (Å²) in [6, 6.07) is 13.4. The van der Waals surface area contributed by atoms with Gasteiger partial charge in [0, 0.05) is 28.9 Å². The van der Waals surface area contributed by atoms with Gasteiger partial charge in [-0.3, -0.25) is 0 Å². The van der Waals surface area contributed by atoms with Gasteiger partial charge in [-0.05, 0) is 18.2 Å². The van der Waals surface area contributed by atoms with E-state index in [9.17, 15) is 0 Å². The highest BCUT2D eigenvalue weighted by Crippen LogP contribution is 2.30. The van der Waals surface area contributed by atoms with Crippen molar-refractivity contribution in [3.8, 4) is 5.75 Å². The van der Waals surface area contributed by atoms with Crippen LogP contribution in [0.1, 0.15) is 5.82 Å². The molecule has 0 spiro atoms. The second-order valence-electron chi connectivity index (χ2n) is 4.15. The SMILES string of the molecule is Nc1ccc(OCc2ncccn2)c2ccccc12. The van der Waals surface area contributed by atoms with Crippen LogP contribution in [-0.2, 0) is 6.61 Å². The van der Waals surface area contributed by atoms with Crippen molar-refractivity contribution in [3.05, 3.63) is 60.7 Å². The van der Waals surface area contributed by atoms with Crippen molar-refractivity contribution in [2.45, 2.75) is 6.61 Å². The summed E-state index contributed by atoms with van der Waals surface area (Å²) in [5, 5.41) is 1.99. The fourth-order valence-electron chi connectivity index (χ4n) is 1.97. The number of aromatic nitrogens is 2. The van der Waals surface area contributed by atoms with Gasteiger partial charge in [-0.15, -0.1) is 0 Å². The molecule has 4 heteroatoms. The Morgan fingerprint density at radius 3 is 2.42 bits per heavy atom. The van der Waals surface area contributed by atoms with E-state index >= 15 is 0 Å². The zero-order valence-electron chi connectivity index (χ0n) is 10.3. The van der Waals surface area contributed by atoms with Gasteiger partial charge in [-0.25, -0.2) is 9.97 Å². The molecular formula is C15H13N3O. The molecule has 1 aromatic heterocycles. The average Bonchev–Trinajstić information content (AvgIpc) is 2.48. The van der Waals surface area contributed by atoms with Crippen molar-refractivity contribution in [3.63, 3.8) is 0 Å². The summed E-state index contributed by atoms with van der Waals surface area (Å²) in [6.45, 7) is 0.342. The minimum Gasteiger partial charge on any atom is -0.485 e. The van der Waals surface area contributed by atoms with Crippen LogP contribution < -0.4 is 10.5 Å². The third-order valence-electron chi connectivity index (χ3n) is 2.89. The van der Waals surface area contributed by atoms with E-state index < -0.39 is 0 Å². The van der Waals surface area contributed by atoms with Crippen molar-refractivity contribution < 1.29 is 4.74 Å². The van der Waals surface area contributed by atoms with Gasteiger partial charge in [0.15, 0.2) is 5.82 Å². The first-order valence-electron chi connectivity index (χ1n) is 6.00. The van der Waals surface area contributed by atoms with E-state index in [1.807, 2.05) is 36.4 Å². The maximum absolute atomic E-state index is 5.95. The Labute approximate surface area is 110 Å². The summed E-state index contributed by atoms with van der Waals surface area (Å²) in [4.78, 5) is 8.26. The smallest absolute Gasteiger partial charge is 0.166 e. The Hall–Kier alpha value is -2.62. The molecule has 94 valence electrons. The Bertz CT molecular complexity index is 698. The normalized spacial score (nSPS) is 10.5. The van der Waals surface area contributed by atoms with Crippen LogP contribution in [0.3, 0.4) is 0 Å². The Kier molecular flexibility index (Phi) is 2.98. The van der Waals surface area contributed by atoms with Crippen LogP contribution in [0.15, 0.2) is 54.9 Å². The molecule has 0 atom stereocenters. The van der Waals surface area contributed by atoms with Crippen molar-refractivity contribution in [1.29, 1.82) is 0 Å². The Balaban J connectivity index is 1.91. The Morgan fingerprint density at radius 1 is 0.895 bits per heavy atom. The van der Waals surface area contributed by atoms with E-state index in [1.165, 1.54) is 0 Å². The third-order valence-corrected chi connectivity index (χ3v) is 2.89. The van der Waals surface area contributed by atoms with Gasteiger partial charge in [0.2, 0.25) is 0 Å². The molecule has 0 fully saturated rings. The summed E-state index contributed by atoms with van der Waals surface area (Å²) < 4.78 is 5.78. The van der Waals surface area contributed by atoms with E-state index in [1.54, 1.807) is 18.5 Å². The molecule has 4 nitrogen and oxygen atoms in total. The van der Waals surface area contributed by atoms with Crippen LogP contribution in [-0.4, -0.2) is 9.97 Å². The average molecular weight is 251 g/mol. The highest BCUT2D eigenvalue weighted by Gasteiger charge is 2.05. The minimum atomic E-state index is 0.342. The number of hydrogen-bond donors (Lipinski definition) is 1. The lowest BCUT2D eigenvalue weighted by atomic mass is 10.1. The van der Waals surface area contributed by atoms with Gasteiger partial charge in [0.25, 0.3) is 0 Å². The van der Waals surface area contributed by atoms with Crippen LogP contribution in [0.2, 0.25) is 0 Å². The lowest BCUT2D eigenvalue weighted by Gasteiger charge is -2.10. The van der Waals surface area contributed by atoms with Crippen LogP contribution >= 0.6 is 0 Å². The number of benzene rings is 2. The summed E-state index contributed by atoms with van der Waals surface area (Å²) in [7, 11) is 0. The Morgan fingerprint density at radius 2 is 1.63 bits per heavy atom. The van der Waals surface area contributed by atoms with E-state index in [2.05, 4.69) is 9.97 Å². The predicted molar refractivity (Wildman–Crippen MR) is 74.7 cm³/mol. The van der Waals surface area contributed by atoms with E-state index in [4.69, 9.17) is 10.5 Å². The number of nitrogens with two attached hydrogens (primary N) is 1. The van der Waals surface area contributed by atoms with Gasteiger partial charge >= 0.3 is 0 Å². The van der Waals surface area contributed by atoms with E-state index in [-0.39, 0.29) is 0 Å². The summed E-state index contributed by atoms with van der Waals surface area (Å²) in [5.74, 6) is 1.45. The molecule has 0 aliphatic heterocycles. The molecule has 0 aliphatic rings. The first-order valence-corrected chi connectivity index (χ1v) is 6.00. The maximum Gasteiger partial charge on any atom is 0.166 e. The van der Waals surface area contributed by atoms with Crippen molar-refractivity contribution in [1.82, 2.24) is 9.97 Å². The molecule has 19 heavy (non-hydrogen) atoms. The molecule has 0 radical (unpaired) electrons. The molecule has 0 amide bonds. The molecule has 3 rings (SSSR count). The number of fused-ring (bicyclic) bond motifs is 1. The molecule has 0 bridgehead atoms. The quantitative estimate of drug-likeness (QED) is 0.727. The molecule has 1 heterocycles. The number of anilines is 1. The number of nitrogen functional groups attached to an aromatic ring is 1. The standard InChI is InChI=1S/C15H13N3O/c16-13-6-7-14(12-5-2-1-4-11(12)13)19-10-15-17-8-3-9-18-15/h1-9H,10,16H2. The van der Waals surface area contributed by atoms with Crippen LogP contribution in [0, 0.1) is 0 Å². The van der Waals surface area contributed by atoms with Gasteiger partial charge in [0.05, 0.1) is 0 Å². The third kappa shape index (κ3) is 2.33. The van der Waals surface area contributed by atoms with E-state index in [0.29, 0.717) is 12.4 Å². The molecule has 0 saturated heterocycles. The topological polar surface area (TPSA) is 61.0 Å². The number of hydrogen-bond acceptors (Lipinski definition) is 4. The molecule has 2 N–H and O–H groups in total. The number of ether oxygens (including phenoxy) is 1. The highest BCUT2D eigenvalue weighted by molar-refractivity contribution is 5.96. The van der Waals surface area contributed by atoms with Crippen molar-refractivity contribution in [2.24, 2.45) is 0 Å². The van der Waals surface area contributed by atoms with Gasteiger partial charge in [-0.1, -0.05) is 24.3 Å². The molecule has 0 aliphatic carbocycles. The second-order valence-corrected chi connectivity index (χ2v) is 4.15. The van der Waals surface area contributed by atoms with Crippen molar-refractivity contribution >= 4 is 16.5 Å². The zero-order valence-corrected chi connectivity index (χ0v) is 10.3.